The van der Waals surface area contributed by atoms with Gasteiger partial charge in [0, 0.05) is 6.42 Å². The van der Waals surface area contributed by atoms with E-state index in [1.54, 1.807) is 19.2 Å². The molecule has 1 atom stereocenters. The highest BCUT2D eigenvalue weighted by atomic mass is 16.5. The second-order valence-corrected chi connectivity index (χ2v) is 4.30. The Morgan fingerprint density at radius 2 is 1.85 bits per heavy atom. The molecule has 6 nitrogen and oxygen atoms in total. The van der Waals surface area contributed by atoms with Crippen molar-refractivity contribution in [1.29, 1.82) is 0 Å². The minimum absolute atomic E-state index is 0.0348. The SMILES string of the molecule is COc1ccc([C@@H](C)NC(=O)CCC(=O)O)cc1OC. The molecule has 0 bridgehead atoms. The third-order valence-corrected chi connectivity index (χ3v) is 2.85. The van der Waals surface area contributed by atoms with E-state index in [2.05, 4.69) is 5.32 Å². The number of hydrogen-bond acceptors (Lipinski definition) is 4. The van der Waals surface area contributed by atoms with Gasteiger partial charge in [0.05, 0.1) is 26.7 Å². The molecule has 0 saturated carbocycles. The van der Waals surface area contributed by atoms with Gasteiger partial charge in [-0.15, -0.1) is 0 Å². The second kappa shape index (κ2) is 7.37. The summed E-state index contributed by atoms with van der Waals surface area (Å²) in [7, 11) is 3.09. The van der Waals surface area contributed by atoms with Crippen molar-refractivity contribution in [3.05, 3.63) is 23.8 Å². The van der Waals surface area contributed by atoms with Crippen LogP contribution in [0.15, 0.2) is 18.2 Å². The maximum atomic E-state index is 11.6. The molecule has 0 unspecified atom stereocenters. The van der Waals surface area contributed by atoms with Crippen LogP contribution in [0, 0.1) is 0 Å². The van der Waals surface area contributed by atoms with Gasteiger partial charge in [0.1, 0.15) is 0 Å². The second-order valence-electron chi connectivity index (χ2n) is 4.30. The van der Waals surface area contributed by atoms with Crippen LogP contribution in [0.4, 0.5) is 0 Å². The zero-order valence-electron chi connectivity index (χ0n) is 11.8. The van der Waals surface area contributed by atoms with Gasteiger partial charge in [0.25, 0.3) is 0 Å². The summed E-state index contributed by atoms with van der Waals surface area (Å²) in [5.74, 6) is -0.0918. The minimum Gasteiger partial charge on any atom is -0.493 e. The first-order chi connectivity index (χ1) is 9.47. The summed E-state index contributed by atoms with van der Waals surface area (Å²) in [6.07, 6.45) is -0.211. The van der Waals surface area contributed by atoms with E-state index in [9.17, 15) is 9.59 Å². The standard InChI is InChI=1S/C14H19NO5/c1-9(15-13(16)6-7-14(17)18)10-4-5-11(19-2)12(8-10)20-3/h4-5,8-9H,6-7H2,1-3H3,(H,15,16)(H,17,18)/t9-/m1/s1. The molecule has 0 aliphatic carbocycles. The fraction of sp³-hybridized carbons (Fsp3) is 0.429. The molecule has 0 aliphatic heterocycles. The lowest BCUT2D eigenvalue weighted by molar-refractivity contribution is -0.138. The van der Waals surface area contributed by atoms with E-state index < -0.39 is 5.97 Å². The lowest BCUT2D eigenvalue weighted by Gasteiger charge is -2.16. The van der Waals surface area contributed by atoms with Crippen molar-refractivity contribution in [3.63, 3.8) is 0 Å². The van der Waals surface area contributed by atoms with E-state index in [1.165, 1.54) is 7.11 Å². The molecule has 110 valence electrons. The third-order valence-electron chi connectivity index (χ3n) is 2.85. The van der Waals surface area contributed by atoms with Gasteiger partial charge in [0.2, 0.25) is 5.91 Å². The Bertz CT molecular complexity index is 486. The molecule has 0 fully saturated rings. The van der Waals surface area contributed by atoms with Gasteiger partial charge in [-0.3, -0.25) is 9.59 Å². The Kier molecular flexibility index (Phi) is 5.83. The normalized spacial score (nSPS) is 11.6. The highest BCUT2D eigenvalue weighted by molar-refractivity contribution is 5.80. The molecule has 20 heavy (non-hydrogen) atoms. The van der Waals surface area contributed by atoms with Gasteiger partial charge in [0.15, 0.2) is 11.5 Å². The van der Waals surface area contributed by atoms with Crippen molar-refractivity contribution in [2.45, 2.75) is 25.8 Å². The number of carbonyl (C=O) groups is 2. The Morgan fingerprint density at radius 1 is 1.20 bits per heavy atom. The Labute approximate surface area is 117 Å². The van der Waals surface area contributed by atoms with Gasteiger partial charge < -0.3 is 19.9 Å². The smallest absolute Gasteiger partial charge is 0.303 e. The molecule has 6 heteroatoms. The summed E-state index contributed by atoms with van der Waals surface area (Å²) >= 11 is 0. The van der Waals surface area contributed by atoms with Crippen molar-refractivity contribution < 1.29 is 24.2 Å². The maximum absolute atomic E-state index is 11.6. The number of hydrogen-bond donors (Lipinski definition) is 2. The number of carboxylic acids is 1. The van der Waals surface area contributed by atoms with Crippen LogP contribution in [-0.2, 0) is 9.59 Å². The van der Waals surface area contributed by atoms with Crippen molar-refractivity contribution in [3.8, 4) is 11.5 Å². The van der Waals surface area contributed by atoms with E-state index in [1.807, 2.05) is 13.0 Å². The third kappa shape index (κ3) is 4.46. The molecule has 0 heterocycles. The lowest BCUT2D eigenvalue weighted by atomic mass is 10.1. The minimum atomic E-state index is -0.987. The number of amides is 1. The van der Waals surface area contributed by atoms with Crippen molar-refractivity contribution in [2.24, 2.45) is 0 Å². The van der Waals surface area contributed by atoms with Gasteiger partial charge in [-0.25, -0.2) is 0 Å². The fourth-order valence-corrected chi connectivity index (χ4v) is 1.74. The summed E-state index contributed by atoms with van der Waals surface area (Å²) in [6, 6.07) is 5.12. The first-order valence-corrected chi connectivity index (χ1v) is 6.21. The van der Waals surface area contributed by atoms with Gasteiger partial charge in [-0.05, 0) is 24.6 Å². The molecule has 0 saturated heterocycles. The first kappa shape index (κ1) is 15.8. The Hall–Kier alpha value is -2.24. The monoisotopic (exact) mass is 281 g/mol. The number of methoxy groups -OCH3 is 2. The van der Waals surface area contributed by atoms with E-state index in [-0.39, 0.29) is 24.8 Å². The highest BCUT2D eigenvalue weighted by Crippen LogP contribution is 2.29. The van der Waals surface area contributed by atoms with E-state index in [0.29, 0.717) is 11.5 Å². The summed E-state index contributed by atoms with van der Waals surface area (Å²) < 4.78 is 10.3. The molecule has 1 aromatic carbocycles. The molecule has 0 spiro atoms. The Morgan fingerprint density at radius 3 is 2.40 bits per heavy atom. The number of aliphatic carboxylic acids is 1. The fourth-order valence-electron chi connectivity index (χ4n) is 1.74. The first-order valence-electron chi connectivity index (χ1n) is 6.21. The molecular weight excluding hydrogens is 262 g/mol. The van der Waals surface area contributed by atoms with Crippen molar-refractivity contribution in [1.82, 2.24) is 5.32 Å². The van der Waals surface area contributed by atoms with E-state index in [0.717, 1.165) is 5.56 Å². The van der Waals surface area contributed by atoms with Crippen LogP contribution in [0.25, 0.3) is 0 Å². The quantitative estimate of drug-likeness (QED) is 0.795. The van der Waals surface area contributed by atoms with Crippen molar-refractivity contribution in [2.75, 3.05) is 14.2 Å². The number of rotatable bonds is 7. The van der Waals surface area contributed by atoms with Crippen LogP contribution < -0.4 is 14.8 Å². The number of carbonyl (C=O) groups excluding carboxylic acids is 1. The molecular formula is C14H19NO5. The van der Waals surface area contributed by atoms with Gasteiger partial charge in [-0.1, -0.05) is 6.07 Å². The zero-order chi connectivity index (χ0) is 15.1. The van der Waals surface area contributed by atoms with Crippen LogP contribution in [0.2, 0.25) is 0 Å². The molecule has 0 radical (unpaired) electrons. The largest absolute Gasteiger partial charge is 0.493 e. The molecule has 0 aromatic heterocycles. The number of carboxylic acid groups (broad SMARTS) is 1. The van der Waals surface area contributed by atoms with Crippen molar-refractivity contribution >= 4 is 11.9 Å². The summed E-state index contributed by atoms with van der Waals surface area (Å²) in [6.45, 7) is 1.82. The molecule has 0 aliphatic rings. The molecule has 1 amide bonds. The van der Waals surface area contributed by atoms with Crippen LogP contribution in [-0.4, -0.2) is 31.2 Å². The number of ether oxygens (including phenoxy) is 2. The van der Waals surface area contributed by atoms with Gasteiger partial charge in [-0.2, -0.15) is 0 Å². The van der Waals surface area contributed by atoms with Crippen LogP contribution in [0.3, 0.4) is 0 Å². The molecule has 1 aromatic rings. The Balaban J connectivity index is 2.69. The van der Waals surface area contributed by atoms with E-state index in [4.69, 9.17) is 14.6 Å². The molecule has 1 rings (SSSR count). The topological polar surface area (TPSA) is 84.9 Å². The lowest BCUT2D eigenvalue weighted by Crippen LogP contribution is -2.26. The number of benzene rings is 1. The summed E-state index contributed by atoms with van der Waals surface area (Å²) in [5, 5.41) is 11.3. The highest BCUT2D eigenvalue weighted by Gasteiger charge is 2.13. The molecule has 2 N–H and O–H groups in total. The summed E-state index contributed by atoms with van der Waals surface area (Å²) in [5.41, 5.74) is 0.853. The average molecular weight is 281 g/mol. The summed E-state index contributed by atoms with van der Waals surface area (Å²) in [4.78, 5) is 22.0. The van der Waals surface area contributed by atoms with Crippen LogP contribution in [0.1, 0.15) is 31.4 Å². The average Bonchev–Trinajstić information content (AvgIpc) is 2.44. The van der Waals surface area contributed by atoms with Gasteiger partial charge >= 0.3 is 5.97 Å². The van der Waals surface area contributed by atoms with E-state index >= 15 is 0 Å². The predicted octanol–water partition coefficient (Wildman–Crippen LogP) is 1.75. The zero-order valence-corrected chi connectivity index (χ0v) is 11.8. The maximum Gasteiger partial charge on any atom is 0.303 e. The van der Waals surface area contributed by atoms with Crippen LogP contribution in [0.5, 0.6) is 11.5 Å². The van der Waals surface area contributed by atoms with Crippen LogP contribution >= 0.6 is 0 Å². The predicted molar refractivity (Wildman–Crippen MR) is 73.0 cm³/mol. The number of nitrogens with one attached hydrogen (secondary N) is 1.